The van der Waals surface area contributed by atoms with E-state index in [1.165, 1.54) is 5.56 Å². The number of sulfone groups is 1. The SMILES string of the molecule is COc1ccc(S(=O)(=O)C2CCN(Cc3ccccc3)CC2)cc1. The van der Waals surface area contributed by atoms with Gasteiger partial charge in [-0.3, -0.25) is 4.90 Å². The van der Waals surface area contributed by atoms with Crippen molar-refractivity contribution in [3.8, 4) is 5.75 Å². The lowest BCUT2D eigenvalue weighted by Gasteiger charge is -2.31. The van der Waals surface area contributed by atoms with Crippen molar-refractivity contribution < 1.29 is 13.2 Å². The van der Waals surface area contributed by atoms with Crippen LogP contribution in [0.5, 0.6) is 5.75 Å². The Morgan fingerprint density at radius 2 is 1.62 bits per heavy atom. The second-order valence-electron chi connectivity index (χ2n) is 6.18. The largest absolute Gasteiger partial charge is 0.497 e. The molecular weight excluding hydrogens is 322 g/mol. The molecule has 0 bridgehead atoms. The number of ether oxygens (including phenoxy) is 1. The fourth-order valence-electron chi connectivity index (χ4n) is 3.18. The third-order valence-electron chi connectivity index (χ3n) is 4.61. The van der Waals surface area contributed by atoms with Crippen molar-refractivity contribution in [1.82, 2.24) is 4.90 Å². The van der Waals surface area contributed by atoms with Crippen LogP contribution in [0.1, 0.15) is 18.4 Å². The van der Waals surface area contributed by atoms with Crippen LogP contribution in [0.3, 0.4) is 0 Å². The van der Waals surface area contributed by atoms with Gasteiger partial charge in [0.15, 0.2) is 9.84 Å². The van der Waals surface area contributed by atoms with Crippen LogP contribution in [0.25, 0.3) is 0 Å². The summed E-state index contributed by atoms with van der Waals surface area (Å²) in [4.78, 5) is 2.72. The van der Waals surface area contributed by atoms with Crippen LogP contribution in [-0.4, -0.2) is 38.8 Å². The summed E-state index contributed by atoms with van der Waals surface area (Å²) in [6.07, 6.45) is 1.36. The Kier molecular flexibility index (Phi) is 5.21. The highest BCUT2D eigenvalue weighted by Gasteiger charge is 2.31. The molecule has 1 fully saturated rings. The van der Waals surface area contributed by atoms with E-state index in [-0.39, 0.29) is 5.25 Å². The molecule has 0 aliphatic carbocycles. The predicted molar refractivity (Wildman–Crippen MR) is 94.9 cm³/mol. The number of hydrogen-bond acceptors (Lipinski definition) is 4. The maximum absolute atomic E-state index is 12.8. The van der Waals surface area contributed by atoms with Gasteiger partial charge in [0.25, 0.3) is 0 Å². The van der Waals surface area contributed by atoms with Crippen LogP contribution in [0, 0.1) is 0 Å². The predicted octanol–water partition coefficient (Wildman–Crippen LogP) is 3.13. The highest BCUT2D eigenvalue weighted by Crippen LogP contribution is 2.26. The molecule has 3 rings (SSSR count). The summed E-state index contributed by atoms with van der Waals surface area (Å²) >= 11 is 0. The lowest BCUT2D eigenvalue weighted by Crippen LogP contribution is -2.38. The van der Waals surface area contributed by atoms with E-state index in [4.69, 9.17) is 4.74 Å². The Labute approximate surface area is 144 Å². The maximum Gasteiger partial charge on any atom is 0.181 e. The Balaban J connectivity index is 1.62. The van der Waals surface area contributed by atoms with E-state index in [1.807, 2.05) is 18.2 Å². The molecule has 0 radical (unpaired) electrons. The van der Waals surface area contributed by atoms with Crippen LogP contribution < -0.4 is 4.74 Å². The summed E-state index contributed by atoms with van der Waals surface area (Å²) in [5, 5.41) is -0.294. The fraction of sp³-hybridized carbons (Fsp3) is 0.368. The number of likely N-dealkylation sites (tertiary alicyclic amines) is 1. The molecule has 5 heteroatoms. The Bertz CT molecular complexity index is 749. The van der Waals surface area contributed by atoms with Crippen LogP contribution in [0.2, 0.25) is 0 Å². The maximum atomic E-state index is 12.8. The number of hydrogen-bond donors (Lipinski definition) is 0. The van der Waals surface area contributed by atoms with E-state index < -0.39 is 9.84 Å². The third kappa shape index (κ3) is 3.79. The molecule has 1 aliphatic rings. The molecule has 2 aromatic carbocycles. The van der Waals surface area contributed by atoms with Crippen LogP contribution in [-0.2, 0) is 16.4 Å². The third-order valence-corrected chi connectivity index (χ3v) is 6.89. The summed E-state index contributed by atoms with van der Waals surface area (Å²) in [5.74, 6) is 0.673. The van der Waals surface area contributed by atoms with Gasteiger partial charge in [-0.05, 0) is 55.8 Å². The summed E-state index contributed by atoms with van der Waals surface area (Å²) in [5.41, 5.74) is 1.27. The number of piperidine rings is 1. The molecule has 128 valence electrons. The molecule has 0 amide bonds. The van der Waals surface area contributed by atoms with Crippen LogP contribution >= 0.6 is 0 Å². The van der Waals surface area contributed by atoms with E-state index in [0.29, 0.717) is 23.5 Å². The molecule has 1 saturated heterocycles. The second-order valence-corrected chi connectivity index (χ2v) is 8.41. The quantitative estimate of drug-likeness (QED) is 0.835. The van der Waals surface area contributed by atoms with Crippen molar-refractivity contribution in [2.24, 2.45) is 0 Å². The summed E-state index contributed by atoms with van der Waals surface area (Å²) in [7, 11) is -1.69. The van der Waals surface area contributed by atoms with Crippen molar-refractivity contribution in [2.75, 3.05) is 20.2 Å². The normalized spacial score (nSPS) is 16.9. The standard InChI is InChI=1S/C19H23NO3S/c1-23-17-7-9-18(10-8-17)24(21,22)19-11-13-20(14-12-19)15-16-5-3-2-4-6-16/h2-10,19H,11-15H2,1H3. The molecule has 1 heterocycles. The first-order valence-corrected chi connectivity index (χ1v) is 9.78. The van der Waals surface area contributed by atoms with Gasteiger partial charge < -0.3 is 4.74 Å². The molecule has 0 spiro atoms. The summed E-state index contributed by atoms with van der Waals surface area (Å²) in [6, 6.07) is 17.0. The van der Waals surface area contributed by atoms with Crippen molar-refractivity contribution in [2.45, 2.75) is 29.5 Å². The minimum absolute atomic E-state index is 0.294. The van der Waals surface area contributed by atoms with Crippen LogP contribution in [0.4, 0.5) is 0 Å². The molecule has 4 nitrogen and oxygen atoms in total. The zero-order chi connectivity index (χ0) is 17.0. The first-order chi connectivity index (χ1) is 11.6. The average molecular weight is 345 g/mol. The van der Waals surface area contributed by atoms with Gasteiger partial charge in [-0.1, -0.05) is 30.3 Å². The van der Waals surface area contributed by atoms with E-state index in [1.54, 1.807) is 31.4 Å². The monoisotopic (exact) mass is 345 g/mol. The van der Waals surface area contributed by atoms with Gasteiger partial charge in [0.1, 0.15) is 5.75 Å². The van der Waals surface area contributed by atoms with Gasteiger partial charge in [0, 0.05) is 6.54 Å². The zero-order valence-electron chi connectivity index (χ0n) is 13.9. The highest BCUT2D eigenvalue weighted by atomic mass is 32.2. The smallest absolute Gasteiger partial charge is 0.181 e. The van der Waals surface area contributed by atoms with Gasteiger partial charge in [-0.15, -0.1) is 0 Å². The number of rotatable bonds is 5. The molecule has 1 aliphatic heterocycles. The van der Waals surface area contributed by atoms with Crippen molar-refractivity contribution in [3.05, 3.63) is 60.2 Å². The molecule has 2 aromatic rings. The van der Waals surface area contributed by atoms with Gasteiger partial charge in [-0.25, -0.2) is 8.42 Å². The summed E-state index contributed by atoms with van der Waals surface area (Å²) < 4.78 is 30.7. The number of benzene rings is 2. The van der Waals surface area contributed by atoms with Gasteiger partial charge in [0.2, 0.25) is 0 Å². The molecule has 24 heavy (non-hydrogen) atoms. The lowest BCUT2D eigenvalue weighted by atomic mass is 10.1. The second kappa shape index (κ2) is 7.36. The molecular formula is C19H23NO3S. The zero-order valence-corrected chi connectivity index (χ0v) is 14.7. The van der Waals surface area contributed by atoms with E-state index in [9.17, 15) is 8.42 Å². The van der Waals surface area contributed by atoms with Gasteiger partial charge >= 0.3 is 0 Å². The van der Waals surface area contributed by atoms with E-state index in [2.05, 4.69) is 17.0 Å². The average Bonchev–Trinajstić information content (AvgIpc) is 2.63. The lowest BCUT2D eigenvalue weighted by molar-refractivity contribution is 0.222. The van der Waals surface area contributed by atoms with Gasteiger partial charge in [0.05, 0.1) is 17.3 Å². The minimum atomic E-state index is -3.27. The Morgan fingerprint density at radius 3 is 2.21 bits per heavy atom. The molecule has 0 atom stereocenters. The Hall–Kier alpha value is -1.85. The van der Waals surface area contributed by atoms with Crippen molar-refractivity contribution in [1.29, 1.82) is 0 Å². The fourth-order valence-corrected chi connectivity index (χ4v) is 4.91. The van der Waals surface area contributed by atoms with E-state index >= 15 is 0 Å². The molecule has 0 unspecified atom stereocenters. The highest BCUT2D eigenvalue weighted by molar-refractivity contribution is 7.92. The molecule has 0 aromatic heterocycles. The van der Waals surface area contributed by atoms with Crippen molar-refractivity contribution in [3.63, 3.8) is 0 Å². The topological polar surface area (TPSA) is 46.6 Å². The Morgan fingerprint density at radius 1 is 1.00 bits per heavy atom. The molecule has 0 N–H and O–H groups in total. The van der Waals surface area contributed by atoms with Gasteiger partial charge in [-0.2, -0.15) is 0 Å². The molecule has 0 saturated carbocycles. The van der Waals surface area contributed by atoms with Crippen molar-refractivity contribution >= 4 is 9.84 Å². The first-order valence-electron chi connectivity index (χ1n) is 8.24. The van der Waals surface area contributed by atoms with Crippen LogP contribution in [0.15, 0.2) is 59.5 Å². The number of methoxy groups -OCH3 is 1. The van der Waals surface area contributed by atoms with E-state index in [0.717, 1.165) is 19.6 Å². The minimum Gasteiger partial charge on any atom is -0.497 e. The number of nitrogens with zero attached hydrogens (tertiary/aromatic N) is 1. The first kappa shape index (κ1) is 17.0. The summed E-state index contributed by atoms with van der Waals surface area (Å²) in [6.45, 7) is 2.51.